The van der Waals surface area contributed by atoms with E-state index in [4.69, 9.17) is 4.74 Å². The number of unbranched alkanes of at least 4 members (excludes halogenated alkanes) is 1. The highest BCUT2D eigenvalue weighted by Gasteiger charge is 2.47. The maximum absolute atomic E-state index is 12.3. The molecule has 0 bridgehead atoms. The van der Waals surface area contributed by atoms with Gasteiger partial charge in [-0.05, 0) is 37.5 Å². The molecule has 1 heterocycles. The highest BCUT2D eigenvalue weighted by Crippen LogP contribution is 2.40. The predicted molar refractivity (Wildman–Crippen MR) is 83.8 cm³/mol. The number of rotatable bonds is 4. The second kappa shape index (κ2) is 6.60. The van der Waals surface area contributed by atoms with Gasteiger partial charge in [-0.15, -0.1) is 0 Å². The Hall–Kier alpha value is -1.36. The van der Waals surface area contributed by atoms with Gasteiger partial charge in [0.25, 0.3) is 0 Å². The van der Waals surface area contributed by atoms with Crippen molar-refractivity contribution in [3.05, 3.63) is 34.3 Å². The zero-order valence-electron chi connectivity index (χ0n) is 12.4. The van der Waals surface area contributed by atoms with Crippen LogP contribution >= 0.6 is 15.9 Å². The molecule has 1 aromatic carbocycles. The summed E-state index contributed by atoms with van der Waals surface area (Å²) in [6.07, 6.45) is 2.22. The molecule has 0 aromatic heterocycles. The molecular formula is C16H20BrNO3. The van der Waals surface area contributed by atoms with Crippen LogP contribution in [0.2, 0.25) is 0 Å². The monoisotopic (exact) mass is 353 g/mol. The van der Waals surface area contributed by atoms with Gasteiger partial charge in [-0.3, -0.25) is 4.79 Å². The molecule has 1 aliphatic heterocycles. The van der Waals surface area contributed by atoms with Crippen molar-refractivity contribution >= 4 is 27.9 Å². The predicted octanol–water partition coefficient (Wildman–Crippen LogP) is 4.22. The first-order chi connectivity index (χ1) is 9.99. The number of carbonyl (C=O) groups excluding carboxylic acids is 2. The molecule has 2 amide bonds. The summed E-state index contributed by atoms with van der Waals surface area (Å²) < 4.78 is 6.20. The fourth-order valence-corrected chi connectivity index (χ4v) is 2.87. The Labute approximate surface area is 133 Å². The van der Waals surface area contributed by atoms with Crippen LogP contribution in [-0.4, -0.2) is 23.5 Å². The SMILES string of the molecule is CCCCOC(=O)N1C(=O)CCC1(C)c1ccc(Br)cc1. The van der Waals surface area contributed by atoms with E-state index in [0.717, 1.165) is 22.9 Å². The number of amides is 2. The number of halogens is 1. The number of hydrogen-bond acceptors (Lipinski definition) is 3. The number of hydrogen-bond donors (Lipinski definition) is 0. The van der Waals surface area contributed by atoms with E-state index < -0.39 is 11.6 Å². The Morgan fingerprint density at radius 1 is 1.38 bits per heavy atom. The minimum Gasteiger partial charge on any atom is -0.449 e. The van der Waals surface area contributed by atoms with Crippen LogP contribution in [0.3, 0.4) is 0 Å². The topological polar surface area (TPSA) is 46.6 Å². The summed E-state index contributed by atoms with van der Waals surface area (Å²) in [6, 6.07) is 7.72. The van der Waals surface area contributed by atoms with Gasteiger partial charge in [-0.1, -0.05) is 41.4 Å². The van der Waals surface area contributed by atoms with Gasteiger partial charge in [0.2, 0.25) is 5.91 Å². The van der Waals surface area contributed by atoms with Gasteiger partial charge in [0.05, 0.1) is 12.1 Å². The number of benzene rings is 1. The molecule has 1 unspecified atom stereocenters. The van der Waals surface area contributed by atoms with Crippen LogP contribution in [0.1, 0.15) is 45.1 Å². The molecule has 5 heteroatoms. The molecule has 1 aliphatic rings. The van der Waals surface area contributed by atoms with Crippen molar-refractivity contribution in [3.8, 4) is 0 Å². The third-order valence-corrected chi connectivity index (χ3v) is 4.47. The van der Waals surface area contributed by atoms with E-state index in [1.165, 1.54) is 4.90 Å². The zero-order chi connectivity index (χ0) is 15.5. The average Bonchev–Trinajstić information content (AvgIpc) is 2.76. The molecule has 0 N–H and O–H groups in total. The molecule has 0 radical (unpaired) electrons. The van der Waals surface area contributed by atoms with E-state index in [1.807, 2.05) is 38.1 Å². The standard InChI is InChI=1S/C16H20BrNO3/c1-3-4-11-21-15(20)18-14(19)9-10-16(18,2)12-5-7-13(17)8-6-12/h5-8H,3-4,9-11H2,1-2H3. The lowest BCUT2D eigenvalue weighted by Crippen LogP contribution is -2.45. The van der Waals surface area contributed by atoms with Gasteiger partial charge >= 0.3 is 6.09 Å². The van der Waals surface area contributed by atoms with Crippen molar-refractivity contribution in [2.45, 2.75) is 45.1 Å². The lowest BCUT2D eigenvalue weighted by atomic mass is 9.89. The van der Waals surface area contributed by atoms with E-state index in [2.05, 4.69) is 15.9 Å². The smallest absolute Gasteiger partial charge is 0.417 e. The van der Waals surface area contributed by atoms with Crippen LogP contribution in [0.15, 0.2) is 28.7 Å². The maximum atomic E-state index is 12.3. The summed E-state index contributed by atoms with van der Waals surface area (Å²) in [5, 5.41) is 0. The minimum atomic E-state index is -0.624. The van der Waals surface area contributed by atoms with Gasteiger partial charge < -0.3 is 4.74 Å². The quantitative estimate of drug-likeness (QED) is 0.761. The summed E-state index contributed by atoms with van der Waals surface area (Å²) in [7, 11) is 0. The summed E-state index contributed by atoms with van der Waals surface area (Å²) in [6.45, 7) is 4.30. The van der Waals surface area contributed by atoms with E-state index in [0.29, 0.717) is 19.4 Å². The lowest BCUT2D eigenvalue weighted by Gasteiger charge is -2.33. The molecule has 2 rings (SSSR count). The van der Waals surface area contributed by atoms with Crippen molar-refractivity contribution in [1.82, 2.24) is 4.90 Å². The molecule has 0 saturated carbocycles. The first-order valence-electron chi connectivity index (χ1n) is 7.25. The first kappa shape index (κ1) is 16.0. The molecule has 0 aliphatic carbocycles. The first-order valence-corrected chi connectivity index (χ1v) is 8.04. The summed E-state index contributed by atoms with van der Waals surface area (Å²) in [4.78, 5) is 25.7. The Balaban J connectivity index is 2.22. The van der Waals surface area contributed by atoms with Gasteiger partial charge in [0.1, 0.15) is 0 Å². The van der Waals surface area contributed by atoms with Gasteiger partial charge in [-0.2, -0.15) is 0 Å². The number of carbonyl (C=O) groups is 2. The molecule has 21 heavy (non-hydrogen) atoms. The number of nitrogens with zero attached hydrogens (tertiary/aromatic N) is 1. The minimum absolute atomic E-state index is 0.165. The number of likely N-dealkylation sites (tertiary alicyclic amines) is 1. The highest BCUT2D eigenvalue weighted by molar-refractivity contribution is 9.10. The van der Waals surface area contributed by atoms with E-state index in [9.17, 15) is 9.59 Å². The Morgan fingerprint density at radius 3 is 2.67 bits per heavy atom. The van der Waals surface area contributed by atoms with E-state index in [-0.39, 0.29) is 5.91 Å². The van der Waals surface area contributed by atoms with Crippen molar-refractivity contribution in [3.63, 3.8) is 0 Å². The third kappa shape index (κ3) is 3.28. The average molecular weight is 354 g/mol. The largest absolute Gasteiger partial charge is 0.449 e. The molecule has 1 fully saturated rings. The summed E-state index contributed by atoms with van der Waals surface area (Å²) in [5.41, 5.74) is 0.324. The van der Waals surface area contributed by atoms with Crippen LogP contribution in [0.5, 0.6) is 0 Å². The maximum Gasteiger partial charge on any atom is 0.417 e. The van der Waals surface area contributed by atoms with E-state index >= 15 is 0 Å². The third-order valence-electron chi connectivity index (χ3n) is 3.94. The Bertz CT molecular complexity index is 529. The van der Waals surface area contributed by atoms with Crippen LogP contribution in [-0.2, 0) is 15.1 Å². The summed E-state index contributed by atoms with van der Waals surface area (Å²) >= 11 is 3.40. The highest BCUT2D eigenvalue weighted by atomic mass is 79.9. The van der Waals surface area contributed by atoms with Gasteiger partial charge in [-0.25, -0.2) is 9.69 Å². The van der Waals surface area contributed by atoms with Crippen LogP contribution < -0.4 is 0 Å². The lowest BCUT2D eigenvalue weighted by molar-refractivity contribution is -0.129. The van der Waals surface area contributed by atoms with Gasteiger partial charge in [0, 0.05) is 10.9 Å². The summed E-state index contributed by atoms with van der Waals surface area (Å²) in [5.74, 6) is -0.165. The number of imide groups is 1. The van der Waals surface area contributed by atoms with Crippen molar-refractivity contribution in [2.24, 2.45) is 0 Å². The molecular weight excluding hydrogens is 334 g/mol. The molecule has 0 spiro atoms. The molecule has 1 atom stereocenters. The van der Waals surface area contributed by atoms with Crippen LogP contribution in [0.25, 0.3) is 0 Å². The van der Waals surface area contributed by atoms with Crippen LogP contribution in [0, 0.1) is 0 Å². The zero-order valence-corrected chi connectivity index (χ0v) is 14.0. The number of ether oxygens (including phenoxy) is 1. The molecule has 4 nitrogen and oxygen atoms in total. The van der Waals surface area contributed by atoms with Crippen molar-refractivity contribution < 1.29 is 14.3 Å². The fraction of sp³-hybridized carbons (Fsp3) is 0.500. The second-order valence-corrected chi connectivity index (χ2v) is 6.39. The van der Waals surface area contributed by atoms with Gasteiger partial charge in [0.15, 0.2) is 0 Å². The van der Waals surface area contributed by atoms with Crippen molar-refractivity contribution in [2.75, 3.05) is 6.61 Å². The Morgan fingerprint density at radius 2 is 2.05 bits per heavy atom. The fourth-order valence-electron chi connectivity index (χ4n) is 2.60. The molecule has 114 valence electrons. The second-order valence-electron chi connectivity index (χ2n) is 5.48. The van der Waals surface area contributed by atoms with Crippen LogP contribution in [0.4, 0.5) is 4.79 Å². The van der Waals surface area contributed by atoms with Crippen molar-refractivity contribution in [1.29, 1.82) is 0 Å². The molecule has 1 aromatic rings. The normalized spacial score (nSPS) is 21.7. The Kier molecular flexibility index (Phi) is 5.04. The van der Waals surface area contributed by atoms with E-state index in [1.54, 1.807) is 0 Å². The molecule has 1 saturated heterocycles.